The molecule has 0 aromatic heterocycles. The third-order valence-corrected chi connectivity index (χ3v) is 3.24. The highest BCUT2D eigenvalue weighted by atomic mass is 16.5. The van der Waals surface area contributed by atoms with Crippen LogP contribution in [0.5, 0.6) is 0 Å². The third kappa shape index (κ3) is 3.18. The maximum absolute atomic E-state index is 11.7. The van der Waals surface area contributed by atoms with Gasteiger partial charge in [-0.25, -0.2) is 0 Å². The molecule has 2 atom stereocenters. The molecule has 2 rings (SSSR count). The fourth-order valence-electron chi connectivity index (χ4n) is 2.21. The van der Waals surface area contributed by atoms with E-state index in [9.17, 15) is 4.79 Å². The molecular formula is C11H20N2O2. The van der Waals surface area contributed by atoms with Crippen molar-refractivity contribution in [3.05, 3.63) is 0 Å². The topological polar surface area (TPSA) is 50.4 Å². The highest BCUT2D eigenvalue weighted by Gasteiger charge is 2.24. The largest absolute Gasteiger partial charge is 0.381 e. The van der Waals surface area contributed by atoms with Crippen LogP contribution in [-0.4, -0.2) is 38.3 Å². The lowest BCUT2D eigenvalue weighted by Crippen LogP contribution is -2.45. The molecule has 2 saturated heterocycles. The molecule has 0 aliphatic carbocycles. The lowest BCUT2D eigenvalue weighted by Gasteiger charge is -2.24. The Hall–Kier alpha value is -0.610. The number of nitrogens with one attached hydrogen (secondary N) is 2. The van der Waals surface area contributed by atoms with E-state index in [-0.39, 0.29) is 11.8 Å². The summed E-state index contributed by atoms with van der Waals surface area (Å²) in [6.45, 7) is 3.20. The highest BCUT2D eigenvalue weighted by molar-refractivity contribution is 5.79. The molecule has 4 heteroatoms. The molecule has 0 bridgehead atoms. The van der Waals surface area contributed by atoms with Gasteiger partial charge in [0.1, 0.15) is 0 Å². The van der Waals surface area contributed by atoms with Gasteiger partial charge in [-0.1, -0.05) is 6.42 Å². The minimum Gasteiger partial charge on any atom is -0.381 e. The summed E-state index contributed by atoms with van der Waals surface area (Å²) >= 11 is 0. The van der Waals surface area contributed by atoms with E-state index < -0.39 is 0 Å². The molecule has 86 valence electrons. The van der Waals surface area contributed by atoms with Gasteiger partial charge in [0.15, 0.2) is 0 Å². The van der Waals surface area contributed by atoms with Crippen molar-refractivity contribution < 1.29 is 9.53 Å². The smallest absolute Gasteiger partial charge is 0.225 e. The Morgan fingerprint density at radius 1 is 1.40 bits per heavy atom. The Bertz CT molecular complexity index is 209. The molecule has 0 saturated carbocycles. The van der Waals surface area contributed by atoms with E-state index in [4.69, 9.17) is 4.74 Å². The molecule has 0 spiro atoms. The van der Waals surface area contributed by atoms with Crippen LogP contribution in [0.2, 0.25) is 0 Å². The first-order valence-corrected chi connectivity index (χ1v) is 5.95. The van der Waals surface area contributed by atoms with Crippen molar-refractivity contribution in [1.29, 1.82) is 0 Å². The zero-order valence-electron chi connectivity index (χ0n) is 9.13. The van der Waals surface area contributed by atoms with Gasteiger partial charge >= 0.3 is 0 Å². The molecule has 15 heavy (non-hydrogen) atoms. The second kappa shape index (κ2) is 5.47. The summed E-state index contributed by atoms with van der Waals surface area (Å²) in [5.41, 5.74) is 0. The van der Waals surface area contributed by atoms with Gasteiger partial charge in [-0.05, 0) is 25.8 Å². The number of hydrogen-bond acceptors (Lipinski definition) is 3. The zero-order valence-corrected chi connectivity index (χ0v) is 9.13. The van der Waals surface area contributed by atoms with Crippen molar-refractivity contribution >= 4 is 5.91 Å². The average Bonchev–Trinajstić information content (AvgIpc) is 2.81. The van der Waals surface area contributed by atoms with Crippen molar-refractivity contribution in [2.24, 2.45) is 5.92 Å². The van der Waals surface area contributed by atoms with Gasteiger partial charge in [-0.15, -0.1) is 0 Å². The second-order valence-corrected chi connectivity index (χ2v) is 4.45. The molecule has 0 radical (unpaired) electrons. The number of hydrogen-bond donors (Lipinski definition) is 2. The number of rotatable bonds is 3. The molecule has 2 heterocycles. The third-order valence-electron chi connectivity index (χ3n) is 3.24. The Morgan fingerprint density at radius 3 is 3.00 bits per heavy atom. The van der Waals surface area contributed by atoms with Crippen LogP contribution in [-0.2, 0) is 9.53 Å². The standard InChI is InChI=1S/C11H20N2O2/c14-11(9-4-6-15-8-9)13-7-10-3-1-2-5-12-10/h9-10,12H,1-8H2,(H,13,14). The Kier molecular flexibility index (Phi) is 3.97. The van der Waals surface area contributed by atoms with Gasteiger partial charge in [-0.3, -0.25) is 4.79 Å². The second-order valence-electron chi connectivity index (χ2n) is 4.45. The number of amides is 1. The van der Waals surface area contributed by atoms with Crippen LogP contribution in [0.4, 0.5) is 0 Å². The molecular weight excluding hydrogens is 192 g/mol. The predicted octanol–water partition coefficient (Wildman–Crippen LogP) is 0.281. The lowest BCUT2D eigenvalue weighted by molar-refractivity contribution is -0.125. The molecule has 2 fully saturated rings. The Morgan fingerprint density at radius 2 is 2.33 bits per heavy atom. The van der Waals surface area contributed by atoms with Crippen molar-refractivity contribution in [2.45, 2.75) is 31.7 Å². The van der Waals surface area contributed by atoms with Crippen LogP contribution >= 0.6 is 0 Å². The summed E-state index contributed by atoms with van der Waals surface area (Å²) in [6, 6.07) is 0.477. The summed E-state index contributed by atoms with van der Waals surface area (Å²) in [5.74, 6) is 0.258. The SMILES string of the molecule is O=C(NCC1CCCCN1)C1CCOC1. The summed E-state index contributed by atoms with van der Waals surface area (Å²) in [7, 11) is 0. The number of piperidine rings is 1. The van der Waals surface area contributed by atoms with Gasteiger partial charge in [0.2, 0.25) is 5.91 Å². The fraction of sp³-hybridized carbons (Fsp3) is 0.909. The van der Waals surface area contributed by atoms with E-state index in [1.54, 1.807) is 0 Å². The van der Waals surface area contributed by atoms with Gasteiger partial charge in [0.25, 0.3) is 0 Å². The molecule has 4 nitrogen and oxygen atoms in total. The number of carbonyl (C=O) groups excluding carboxylic acids is 1. The maximum Gasteiger partial charge on any atom is 0.225 e. The van der Waals surface area contributed by atoms with Gasteiger partial charge in [-0.2, -0.15) is 0 Å². The molecule has 0 aromatic rings. The molecule has 0 aromatic carbocycles. The summed E-state index contributed by atoms with van der Waals surface area (Å²) in [6.07, 6.45) is 4.60. The lowest BCUT2D eigenvalue weighted by atomic mass is 10.0. The van der Waals surface area contributed by atoms with E-state index in [1.807, 2.05) is 0 Å². The van der Waals surface area contributed by atoms with Crippen molar-refractivity contribution in [3.63, 3.8) is 0 Å². The Labute approximate surface area is 90.8 Å². The van der Waals surface area contributed by atoms with Gasteiger partial charge in [0.05, 0.1) is 12.5 Å². The monoisotopic (exact) mass is 212 g/mol. The van der Waals surface area contributed by atoms with E-state index >= 15 is 0 Å². The summed E-state index contributed by atoms with van der Waals surface area (Å²) in [5, 5.41) is 6.43. The van der Waals surface area contributed by atoms with Crippen LogP contribution in [0.1, 0.15) is 25.7 Å². The molecule has 2 aliphatic heterocycles. The predicted molar refractivity (Wildman–Crippen MR) is 57.6 cm³/mol. The maximum atomic E-state index is 11.7. The van der Waals surface area contributed by atoms with E-state index in [1.165, 1.54) is 19.3 Å². The summed E-state index contributed by atoms with van der Waals surface area (Å²) < 4.78 is 5.19. The number of carbonyl (C=O) groups is 1. The minimum absolute atomic E-state index is 0.0913. The van der Waals surface area contributed by atoms with Crippen LogP contribution in [0.25, 0.3) is 0 Å². The van der Waals surface area contributed by atoms with E-state index in [0.717, 1.165) is 26.1 Å². The van der Waals surface area contributed by atoms with Gasteiger partial charge in [0, 0.05) is 19.2 Å². The van der Waals surface area contributed by atoms with Crippen LogP contribution in [0.15, 0.2) is 0 Å². The summed E-state index contributed by atoms with van der Waals surface area (Å²) in [4.78, 5) is 11.7. The molecule has 1 amide bonds. The van der Waals surface area contributed by atoms with Crippen molar-refractivity contribution in [2.75, 3.05) is 26.3 Å². The van der Waals surface area contributed by atoms with Crippen molar-refractivity contribution in [3.8, 4) is 0 Å². The fourth-order valence-corrected chi connectivity index (χ4v) is 2.21. The van der Waals surface area contributed by atoms with Crippen LogP contribution < -0.4 is 10.6 Å². The van der Waals surface area contributed by atoms with Gasteiger partial charge < -0.3 is 15.4 Å². The minimum atomic E-state index is 0.0913. The molecule has 2 unspecified atom stereocenters. The zero-order chi connectivity index (χ0) is 10.5. The molecule has 2 aliphatic rings. The number of ether oxygens (including phenoxy) is 1. The van der Waals surface area contributed by atoms with Crippen LogP contribution in [0.3, 0.4) is 0 Å². The first kappa shape index (κ1) is 10.9. The van der Waals surface area contributed by atoms with E-state index in [2.05, 4.69) is 10.6 Å². The Balaban J connectivity index is 1.65. The van der Waals surface area contributed by atoms with Crippen LogP contribution in [0, 0.1) is 5.92 Å². The highest BCUT2D eigenvalue weighted by Crippen LogP contribution is 2.12. The quantitative estimate of drug-likeness (QED) is 0.706. The first-order valence-electron chi connectivity index (χ1n) is 5.95. The normalized spacial score (nSPS) is 31.5. The average molecular weight is 212 g/mol. The first-order chi connectivity index (χ1) is 7.36. The van der Waals surface area contributed by atoms with E-state index in [0.29, 0.717) is 12.6 Å². The molecule has 2 N–H and O–H groups in total. The van der Waals surface area contributed by atoms with Crippen molar-refractivity contribution in [1.82, 2.24) is 10.6 Å².